The van der Waals surface area contributed by atoms with Crippen LogP contribution in [-0.4, -0.2) is 49.3 Å². The van der Waals surface area contributed by atoms with E-state index in [0.29, 0.717) is 25.2 Å². The lowest BCUT2D eigenvalue weighted by atomic mass is 10.3. The molecule has 1 N–H and O–H groups in total. The van der Waals surface area contributed by atoms with Crippen LogP contribution in [0, 0.1) is 0 Å². The zero-order chi connectivity index (χ0) is 14.1. The number of nitrogens with zero attached hydrogens (tertiary/aromatic N) is 4. The topological polar surface area (TPSA) is 79.8 Å². The van der Waals surface area contributed by atoms with Gasteiger partial charge in [0.2, 0.25) is 5.91 Å². The number of rotatable bonds is 3. The molecule has 1 atom stereocenters. The number of aromatic nitrogens is 3. The zero-order valence-corrected chi connectivity index (χ0v) is 11.0. The van der Waals surface area contributed by atoms with E-state index in [-0.39, 0.29) is 24.6 Å². The summed E-state index contributed by atoms with van der Waals surface area (Å²) in [5, 5.41) is 13.6. The summed E-state index contributed by atoms with van der Waals surface area (Å²) in [4.78, 5) is 25.6. The van der Waals surface area contributed by atoms with Crippen LogP contribution in [0.1, 0.15) is 12.8 Å². The van der Waals surface area contributed by atoms with Gasteiger partial charge in [0.25, 0.3) is 0 Å². The molecule has 7 nitrogen and oxygen atoms in total. The Morgan fingerprint density at radius 1 is 1.45 bits per heavy atom. The smallest absolute Gasteiger partial charge is 0.350 e. The Morgan fingerprint density at radius 3 is 3.00 bits per heavy atom. The fourth-order valence-electron chi connectivity index (χ4n) is 2.44. The standard InChI is InChI=1S/C13H16N4O3/c18-10-4-7-15(9-10)12(19)5-8-17-13(20)16-6-2-1-3-11(16)14-17/h1-3,6,10,18H,4-5,7-9H2/t10-/m1/s1. The van der Waals surface area contributed by atoms with E-state index in [2.05, 4.69) is 5.10 Å². The molecule has 1 fully saturated rings. The van der Waals surface area contributed by atoms with Crippen molar-refractivity contribution in [3.8, 4) is 0 Å². The summed E-state index contributed by atoms with van der Waals surface area (Å²) >= 11 is 0. The first-order valence-electron chi connectivity index (χ1n) is 6.65. The van der Waals surface area contributed by atoms with Crippen LogP contribution in [0.25, 0.3) is 5.65 Å². The molecular formula is C13H16N4O3. The molecule has 1 aliphatic heterocycles. The fourth-order valence-corrected chi connectivity index (χ4v) is 2.44. The maximum absolute atomic E-state index is 12.0. The molecule has 0 saturated carbocycles. The number of hydrogen-bond acceptors (Lipinski definition) is 4. The van der Waals surface area contributed by atoms with Crippen molar-refractivity contribution in [1.82, 2.24) is 19.1 Å². The molecule has 1 saturated heterocycles. The van der Waals surface area contributed by atoms with Crippen LogP contribution in [0.4, 0.5) is 0 Å². The first-order valence-corrected chi connectivity index (χ1v) is 6.65. The van der Waals surface area contributed by atoms with Gasteiger partial charge in [0.05, 0.1) is 12.6 Å². The van der Waals surface area contributed by atoms with E-state index < -0.39 is 6.10 Å². The van der Waals surface area contributed by atoms with Gasteiger partial charge in [0.1, 0.15) is 0 Å². The van der Waals surface area contributed by atoms with Gasteiger partial charge in [-0.1, -0.05) is 6.07 Å². The molecule has 0 aromatic carbocycles. The van der Waals surface area contributed by atoms with Crippen LogP contribution >= 0.6 is 0 Å². The Labute approximate surface area is 115 Å². The summed E-state index contributed by atoms with van der Waals surface area (Å²) < 4.78 is 2.75. The van der Waals surface area contributed by atoms with Crippen LogP contribution in [0.3, 0.4) is 0 Å². The van der Waals surface area contributed by atoms with Crippen molar-refractivity contribution in [2.75, 3.05) is 13.1 Å². The number of aryl methyl sites for hydroxylation is 1. The molecule has 3 rings (SSSR count). The van der Waals surface area contributed by atoms with Crippen LogP contribution in [-0.2, 0) is 11.3 Å². The number of carbonyl (C=O) groups is 1. The molecule has 2 aromatic rings. The average Bonchev–Trinajstić information content (AvgIpc) is 3.01. The maximum Gasteiger partial charge on any atom is 0.350 e. The normalized spacial score (nSPS) is 18.9. The lowest BCUT2D eigenvalue weighted by Crippen LogP contribution is -2.31. The lowest BCUT2D eigenvalue weighted by molar-refractivity contribution is -0.130. The SMILES string of the molecule is O=C(CCn1nc2ccccn2c1=O)N1CC[C@@H](O)C1. The molecule has 0 bridgehead atoms. The molecule has 106 valence electrons. The van der Waals surface area contributed by atoms with Gasteiger partial charge < -0.3 is 10.0 Å². The van der Waals surface area contributed by atoms with E-state index in [0.717, 1.165) is 0 Å². The largest absolute Gasteiger partial charge is 0.391 e. The number of aliphatic hydroxyl groups is 1. The third-order valence-corrected chi connectivity index (χ3v) is 3.54. The second-order valence-corrected chi connectivity index (χ2v) is 4.97. The molecule has 7 heteroatoms. The van der Waals surface area contributed by atoms with Crippen molar-refractivity contribution >= 4 is 11.6 Å². The molecule has 0 unspecified atom stereocenters. The number of carbonyl (C=O) groups excluding carboxylic acids is 1. The second kappa shape index (κ2) is 5.09. The quantitative estimate of drug-likeness (QED) is 0.818. The van der Waals surface area contributed by atoms with Gasteiger partial charge in [0.15, 0.2) is 5.65 Å². The van der Waals surface area contributed by atoms with Gasteiger partial charge in [-0.3, -0.25) is 9.20 Å². The van der Waals surface area contributed by atoms with E-state index in [1.54, 1.807) is 23.2 Å². The second-order valence-electron chi connectivity index (χ2n) is 4.97. The molecule has 20 heavy (non-hydrogen) atoms. The Morgan fingerprint density at radius 2 is 2.30 bits per heavy atom. The van der Waals surface area contributed by atoms with Gasteiger partial charge >= 0.3 is 5.69 Å². The first-order chi connectivity index (χ1) is 9.65. The minimum absolute atomic E-state index is 0.0505. The fraction of sp³-hybridized carbons (Fsp3) is 0.462. The van der Waals surface area contributed by atoms with Crippen molar-refractivity contribution in [3.05, 3.63) is 34.9 Å². The monoisotopic (exact) mass is 276 g/mol. The molecule has 2 aromatic heterocycles. The van der Waals surface area contributed by atoms with Crippen molar-refractivity contribution in [2.45, 2.75) is 25.5 Å². The lowest BCUT2D eigenvalue weighted by Gasteiger charge is -2.14. The summed E-state index contributed by atoms with van der Waals surface area (Å²) in [6.07, 6.45) is 2.08. The summed E-state index contributed by atoms with van der Waals surface area (Å²) in [6, 6.07) is 5.32. The van der Waals surface area contributed by atoms with E-state index in [4.69, 9.17) is 0 Å². The zero-order valence-electron chi connectivity index (χ0n) is 11.0. The van der Waals surface area contributed by atoms with Crippen LogP contribution in [0.5, 0.6) is 0 Å². The first kappa shape index (κ1) is 12.9. The molecule has 1 amide bonds. The Balaban J connectivity index is 1.69. The molecule has 1 aliphatic rings. The number of fused-ring (bicyclic) bond motifs is 1. The molecule has 0 aliphatic carbocycles. The molecule has 0 spiro atoms. The van der Waals surface area contributed by atoms with Gasteiger partial charge in [-0.2, -0.15) is 0 Å². The average molecular weight is 276 g/mol. The number of pyridine rings is 1. The van der Waals surface area contributed by atoms with E-state index in [9.17, 15) is 14.7 Å². The highest BCUT2D eigenvalue weighted by molar-refractivity contribution is 5.76. The van der Waals surface area contributed by atoms with Gasteiger partial charge in [-0.25, -0.2) is 9.48 Å². The highest BCUT2D eigenvalue weighted by atomic mass is 16.3. The summed E-state index contributed by atoms with van der Waals surface area (Å²) in [6.45, 7) is 1.23. The highest BCUT2D eigenvalue weighted by Gasteiger charge is 2.24. The number of amides is 1. The van der Waals surface area contributed by atoms with Crippen molar-refractivity contribution in [3.63, 3.8) is 0 Å². The van der Waals surface area contributed by atoms with Crippen LogP contribution < -0.4 is 5.69 Å². The minimum atomic E-state index is -0.420. The van der Waals surface area contributed by atoms with Crippen molar-refractivity contribution in [2.24, 2.45) is 0 Å². The molecule has 3 heterocycles. The Kier molecular flexibility index (Phi) is 3.27. The van der Waals surface area contributed by atoms with Gasteiger partial charge in [-0.05, 0) is 18.6 Å². The van der Waals surface area contributed by atoms with E-state index in [1.165, 1.54) is 9.08 Å². The highest BCUT2D eigenvalue weighted by Crippen LogP contribution is 2.10. The number of aliphatic hydroxyl groups excluding tert-OH is 1. The summed E-state index contributed by atoms with van der Waals surface area (Å²) in [5.41, 5.74) is 0.330. The van der Waals surface area contributed by atoms with Crippen LogP contribution in [0.15, 0.2) is 29.2 Å². The number of hydrogen-bond donors (Lipinski definition) is 1. The molecular weight excluding hydrogens is 260 g/mol. The third kappa shape index (κ3) is 2.32. The third-order valence-electron chi connectivity index (χ3n) is 3.54. The molecule has 0 radical (unpaired) electrons. The van der Waals surface area contributed by atoms with Gasteiger partial charge in [0, 0.05) is 25.7 Å². The summed E-state index contributed by atoms with van der Waals surface area (Å²) in [7, 11) is 0. The predicted molar refractivity (Wildman–Crippen MR) is 71.3 cm³/mol. The maximum atomic E-state index is 12.0. The van der Waals surface area contributed by atoms with Gasteiger partial charge in [-0.15, -0.1) is 5.10 Å². The Hall–Kier alpha value is -2.15. The summed E-state index contributed by atoms with van der Waals surface area (Å²) in [5.74, 6) is -0.0505. The van der Waals surface area contributed by atoms with E-state index >= 15 is 0 Å². The predicted octanol–water partition coefficient (Wildman–Crippen LogP) is -0.521. The van der Waals surface area contributed by atoms with Crippen molar-refractivity contribution < 1.29 is 9.90 Å². The minimum Gasteiger partial charge on any atom is -0.391 e. The number of β-amino-alcohol motifs (C(OH)–C–C–N with tert-alkyl or cyclic N) is 1. The van der Waals surface area contributed by atoms with E-state index in [1.807, 2.05) is 6.07 Å². The van der Waals surface area contributed by atoms with Crippen LogP contribution in [0.2, 0.25) is 0 Å². The van der Waals surface area contributed by atoms with Crippen molar-refractivity contribution in [1.29, 1.82) is 0 Å². The number of likely N-dealkylation sites (tertiary alicyclic amines) is 1. The Bertz CT molecular complexity index is 690.